The van der Waals surface area contributed by atoms with Crippen LogP contribution in [-0.2, 0) is 0 Å². The molecule has 1 atom stereocenters. The predicted octanol–water partition coefficient (Wildman–Crippen LogP) is 3.74. The minimum atomic E-state index is -0.151. The lowest BCUT2D eigenvalue weighted by molar-refractivity contribution is 0.528. The van der Waals surface area contributed by atoms with Gasteiger partial charge in [-0.1, -0.05) is 17.7 Å². The van der Waals surface area contributed by atoms with Crippen molar-refractivity contribution in [2.75, 3.05) is 14.1 Å². The highest BCUT2D eigenvalue weighted by atomic mass is 19.1. The molecule has 1 aliphatic carbocycles. The maximum atomic E-state index is 12.8. The molecule has 0 aromatic heterocycles. The second-order valence-corrected chi connectivity index (χ2v) is 4.89. The van der Waals surface area contributed by atoms with Gasteiger partial charge in [-0.2, -0.15) is 0 Å². The highest BCUT2D eigenvalue weighted by Crippen LogP contribution is 2.34. The molecule has 0 saturated heterocycles. The van der Waals surface area contributed by atoms with E-state index in [1.165, 1.54) is 11.1 Å². The van der Waals surface area contributed by atoms with Crippen molar-refractivity contribution in [1.29, 1.82) is 0 Å². The van der Waals surface area contributed by atoms with Crippen molar-refractivity contribution < 1.29 is 4.39 Å². The first-order valence-corrected chi connectivity index (χ1v) is 6.11. The Morgan fingerprint density at radius 1 is 1.24 bits per heavy atom. The number of nitrogens with zero attached hydrogens (tertiary/aromatic N) is 1. The number of halogens is 1. The lowest BCUT2D eigenvalue weighted by atomic mass is 9.82. The van der Waals surface area contributed by atoms with E-state index in [0.717, 1.165) is 19.3 Å². The van der Waals surface area contributed by atoms with E-state index in [0.29, 0.717) is 5.92 Å². The predicted molar refractivity (Wildman–Crippen MR) is 69.1 cm³/mol. The molecule has 0 N–H and O–H groups in total. The standard InChI is InChI=1S/C15H19FN/c1-17(2)11-12-3-5-13(6-4-12)14-7-9-15(16)10-8-14/h3,7-11,13H,4-6H2,1-2H3. The van der Waals surface area contributed by atoms with E-state index in [1.807, 2.05) is 26.2 Å². The van der Waals surface area contributed by atoms with Crippen molar-refractivity contribution in [2.45, 2.75) is 25.2 Å². The van der Waals surface area contributed by atoms with Crippen molar-refractivity contribution in [2.24, 2.45) is 0 Å². The van der Waals surface area contributed by atoms with Crippen LogP contribution < -0.4 is 0 Å². The van der Waals surface area contributed by atoms with Crippen molar-refractivity contribution in [3.05, 3.63) is 53.8 Å². The largest absolute Gasteiger partial charge is 0.384 e. The fraction of sp³-hybridized carbons (Fsp3) is 0.400. The Morgan fingerprint density at radius 3 is 2.47 bits per heavy atom. The highest BCUT2D eigenvalue weighted by Gasteiger charge is 2.18. The average Bonchev–Trinajstić information content (AvgIpc) is 2.30. The number of hydrogen-bond donors (Lipinski definition) is 0. The van der Waals surface area contributed by atoms with Gasteiger partial charge < -0.3 is 4.90 Å². The first-order chi connectivity index (χ1) is 8.15. The monoisotopic (exact) mass is 232 g/mol. The highest BCUT2D eigenvalue weighted by molar-refractivity contribution is 5.26. The summed E-state index contributed by atoms with van der Waals surface area (Å²) in [5.41, 5.74) is 2.67. The van der Waals surface area contributed by atoms with E-state index < -0.39 is 0 Å². The van der Waals surface area contributed by atoms with Crippen LogP contribution in [-0.4, -0.2) is 19.0 Å². The van der Waals surface area contributed by atoms with Gasteiger partial charge in [-0.05, 0) is 55.5 Å². The van der Waals surface area contributed by atoms with Crippen molar-refractivity contribution >= 4 is 0 Å². The van der Waals surface area contributed by atoms with Gasteiger partial charge in [0.25, 0.3) is 0 Å². The minimum absolute atomic E-state index is 0.151. The average molecular weight is 232 g/mol. The van der Waals surface area contributed by atoms with E-state index in [9.17, 15) is 4.39 Å². The first kappa shape index (κ1) is 12.2. The first-order valence-electron chi connectivity index (χ1n) is 6.11. The topological polar surface area (TPSA) is 3.24 Å². The molecule has 1 unspecified atom stereocenters. The number of rotatable bonds is 2. The molecule has 91 valence electrons. The van der Waals surface area contributed by atoms with Crippen LogP contribution in [0.3, 0.4) is 0 Å². The third-order valence-electron chi connectivity index (χ3n) is 3.21. The summed E-state index contributed by atoms with van der Waals surface area (Å²) in [4.78, 5) is 2.09. The summed E-state index contributed by atoms with van der Waals surface area (Å²) >= 11 is 0. The number of benzene rings is 1. The van der Waals surface area contributed by atoms with Crippen LogP contribution in [0.5, 0.6) is 0 Å². The van der Waals surface area contributed by atoms with Crippen molar-refractivity contribution in [3.63, 3.8) is 0 Å². The van der Waals surface area contributed by atoms with E-state index >= 15 is 0 Å². The van der Waals surface area contributed by atoms with Gasteiger partial charge in [0.2, 0.25) is 0 Å². The lowest BCUT2D eigenvalue weighted by Crippen LogP contribution is -2.10. The summed E-state index contributed by atoms with van der Waals surface area (Å²) in [5, 5.41) is 0. The second kappa shape index (κ2) is 5.35. The maximum absolute atomic E-state index is 12.8. The molecule has 0 amide bonds. The Kier molecular flexibility index (Phi) is 3.82. The van der Waals surface area contributed by atoms with E-state index in [4.69, 9.17) is 0 Å². The normalized spacial score (nSPS) is 22.8. The molecule has 0 spiro atoms. The lowest BCUT2D eigenvalue weighted by Gasteiger charge is -2.25. The van der Waals surface area contributed by atoms with E-state index in [1.54, 1.807) is 12.1 Å². The van der Waals surface area contributed by atoms with E-state index in [-0.39, 0.29) is 5.82 Å². The van der Waals surface area contributed by atoms with Crippen LogP contribution in [0.25, 0.3) is 0 Å². The van der Waals surface area contributed by atoms with Gasteiger partial charge in [0.1, 0.15) is 5.82 Å². The van der Waals surface area contributed by atoms with E-state index in [2.05, 4.69) is 17.5 Å². The van der Waals surface area contributed by atoms with Gasteiger partial charge in [0, 0.05) is 14.1 Å². The molecule has 0 bridgehead atoms. The maximum Gasteiger partial charge on any atom is 0.123 e. The minimum Gasteiger partial charge on any atom is -0.384 e. The fourth-order valence-corrected chi connectivity index (χ4v) is 2.34. The molecular formula is C15H19FN. The summed E-state index contributed by atoms with van der Waals surface area (Å²) < 4.78 is 12.8. The summed E-state index contributed by atoms with van der Waals surface area (Å²) in [6.07, 6.45) is 7.81. The smallest absolute Gasteiger partial charge is 0.123 e. The summed E-state index contributed by atoms with van der Waals surface area (Å²) in [6, 6.07) is 6.93. The second-order valence-electron chi connectivity index (χ2n) is 4.89. The molecular weight excluding hydrogens is 213 g/mol. The van der Waals surface area contributed by atoms with Gasteiger partial charge in [-0.25, -0.2) is 4.39 Å². The van der Waals surface area contributed by atoms with Gasteiger partial charge in [0.15, 0.2) is 0 Å². The van der Waals surface area contributed by atoms with Gasteiger partial charge in [-0.3, -0.25) is 0 Å². The number of allylic oxidation sites excluding steroid dienone is 1. The van der Waals surface area contributed by atoms with Crippen LogP contribution in [0.15, 0.2) is 36.0 Å². The van der Waals surface area contributed by atoms with Crippen LogP contribution in [0, 0.1) is 12.2 Å². The Morgan fingerprint density at radius 2 is 1.94 bits per heavy atom. The zero-order chi connectivity index (χ0) is 12.3. The Hall–Kier alpha value is -1.31. The summed E-state index contributed by atoms with van der Waals surface area (Å²) in [7, 11) is 4.10. The Balaban J connectivity index is 1.97. The van der Waals surface area contributed by atoms with Crippen molar-refractivity contribution in [3.8, 4) is 0 Å². The summed E-state index contributed by atoms with van der Waals surface area (Å²) in [6.45, 7) is 0. The van der Waals surface area contributed by atoms with Crippen LogP contribution >= 0.6 is 0 Å². The third-order valence-corrected chi connectivity index (χ3v) is 3.21. The molecule has 0 heterocycles. The molecule has 1 fully saturated rings. The molecule has 0 aliphatic heterocycles. The molecule has 17 heavy (non-hydrogen) atoms. The van der Waals surface area contributed by atoms with Gasteiger partial charge in [0.05, 0.1) is 0 Å². The molecule has 1 nitrogen and oxygen atoms in total. The third kappa shape index (κ3) is 3.32. The fourth-order valence-electron chi connectivity index (χ4n) is 2.34. The SMILES string of the molecule is CN(C)C=C1[CH]CC(c2ccc(F)cc2)CC1. The summed E-state index contributed by atoms with van der Waals surface area (Å²) in [5.74, 6) is 0.400. The molecule has 2 heteroatoms. The van der Waals surface area contributed by atoms with Gasteiger partial charge in [-0.15, -0.1) is 0 Å². The van der Waals surface area contributed by atoms with Crippen LogP contribution in [0.2, 0.25) is 0 Å². The molecule has 1 aromatic rings. The Bertz CT molecular complexity index is 382. The molecule has 1 radical (unpaired) electrons. The zero-order valence-corrected chi connectivity index (χ0v) is 10.5. The van der Waals surface area contributed by atoms with Crippen molar-refractivity contribution in [1.82, 2.24) is 4.90 Å². The Labute approximate surface area is 103 Å². The van der Waals surface area contributed by atoms with Crippen LogP contribution in [0.4, 0.5) is 4.39 Å². The molecule has 1 aromatic carbocycles. The molecule has 1 aliphatic rings. The quantitative estimate of drug-likeness (QED) is 0.750. The van der Waals surface area contributed by atoms with Gasteiger partial charge >= 0.3 is 0 Å². The zero-order valence-electron chi connectivity index (χ0n) is 10.5. The van der Waals surface area contributed by atoms with Crippen LogP contribution in [0.1, 0.15) is 30.7 Å². The molecule has 2 rings (SSSR count). The number of hydrogen-bond acceptors (Lipinski definition) is 1. The molecule has 1 saturated carbocycles.